The number of anilines is 2. The van der Waals surface area contributed by atoms with Crippen molar-refractivity contribution in [2.24, 2.45) is 11.8 Å². The number of rotatable bonds is 22. The molecule has 4 aromatic carbocycles. The average molecular weight is 967 g/mol. The topological polar surface area (TPSA) is 92.3 Å². The van der Waals surface area contributed by atoms with E-state index in [-0.39, 0.29) is 22.6 Å². The Labute approximate surface area is 387 Å². The summed E-state index contributed by atoms with van der Waals surface area (Å²) < 4.78 is 130. The molecule has 0 bridgehead atoms. The summed E-state index contributed by atoms with van der Waals surface area (Å²) in [5.74, 6) is -4.12. The van der Waals surface area contributed by atoms with Gasteiger partial charge in [0.15, 0.2) is 0 Å². The third-order valence-electron chi connectivity index (χ3n) is 13.3. The molecular weight excluding hydrogens is 905 g/mol. The first kappa shape index (κ1) is 50.2. The molecule has 0 fully saturated rings. The molecule has 0 heterocycles. The number of hydrogen-bond acceptors (Lipinski definition) is 4. The van der Waals surface area contributed by atoms with Crippen molar-refractivity contribution in [2.75, 3.05) is 9.44 Å². The number of sulfonamides is 2. The summed E-state index contributed by atoms with van der Waals surface area (Å²) in [5.41, 5.74) is 2.37. The van der Waals surface area contributed by atoms with Crippen LogP contribution in [0.15, 0.2) is 115 Å². The molecule has 0 radical (unpaired) electrons. The number of halogens is 4. The molecule has 0 saturated heterocycles. The normalized spacial score (nSPS) is 15.0. The molecule has 0 saturated carbocycles. The fourth-order valence-corrected chi connectivity index (χ4v) is 19.9. The predicted octanol–water partition coefficient (Wildman–Crippen LogP) is 12.8. The Kier molecular flexibility index (Phi) is 16.7. The standard InChI is InChI=1S/2C21H26F2NO2S.2C5H5.Ti/c2*1-4-6-7-16(5-2)12-17-13-19(10-8-15(17)3)27(25,26)24-21-11-9-18(22)14-20(21)23;2*1-2-4-5-3-1;/h2*8-11,13,16,24H,4-7,12H2,1-3H3;2*1-3H,4H2;. The van der Waals surface area contributed by atoms with Crippen LogP contribution in [0.2, 0.25) is 0 Å². The molecule has 4 aromatic rings. The molecule has 2 unspecified atom stereocenters. The zero-order chi connectivity index (χ0) is 47.1. The van der Waals surface area contributed by atoms with E-state index in [2.05, 4.69) is 37.1 Å². The Balaban J connectivity index is 1.47. The van der Waals surface area contributed by atoms with Crippen LogP contribution in [0.4, 0.5) is 28.9 Å². The van der Waals surface area contributed by atoms with Gasteiger partial charge in [-0.1, -0.05) is 26.7 Å². The van der Waals surface area contributed by atoms with Gasteiger partial charge in [-0.15, -0.1) is 0 Å². The van der Waals surface area contributed by atoms with Crippen LogP contribution in [0.1, 0.15) is 114 Å². The van der Waals surface area contributed by atoms with Crippen molar-refractivity contribution in [3.05, 3.63) is 150 Å². The van der Waals surface area contributed by atoms with Gasteiger partial charge >= 0.3 is 364 Å². The molecule has 0 amide bonds. The molecule has 348 valence electrons. The molecule has 2 atom stereocenters. The van der Waals surface area contributed by atoms with Crippen LogP contribution in [0, 0.1) is 49.0 Å². The number of hydrogen-bond donors (Lipinski definition) is 2. The van der Waals surface area contributed by atoms with Crippen LogP contribution in [-0.4, -0.2) is 16.8 Å². The van der Waals surface area contributed by atoms with Crippen LogP contribution < -0.4 is 17.2 Å². The second-order valence-electron chi connectivity index (χ2n) is 17.6. The predicted molar refractivity (Wildman–Crippen MR) is 254 cm³/mol. The van der Waals surface area contributed by atoms with Gasteiger partial charge in [0.1, 0.15) is 0 Å². The van der Waals surface area contributed by atoms with Crippen LogP contribution >= 0.6 is 0 Å². The Morgan fingerprint density at radius 1 is 0.585 bits per heavy atom. The second-order valence-corrected chi connectivity index (χ2v) is 26.9. The fraction of sp³-hybridized carbons (Fsp3) is 0.385. The maximum atomic E-state index is 17.7. The van der Waals surface area contributed by atoms with E-state index < -0.39 is 79.0 Å². The van der Waals surface area contributed by atoms with E-state index in [0.717, 1.165) is 97.9 Å². The van der Waals surface area contributed by atoms with Crippen LogP contribution in [0.5, 0.6) is 0 Å². The van der Waals surface area contributed by atoms with Crippen molar-refractivity contribution < 1.29 is 51.0 Å². The van der Waals surface area contributed by atoms with E-state index in [1.165, 1.54) is 12.1 Å². The summed E-state index contributed by atoms with van der Waals surface area (Å²) in [6.45, 7) is 12.3. The van der Waals surface area contributed by atoms with Gasteiger partial charge in [-0.2, -0.15) is 0 Å². The summed E-state index contributed by atoms with van der Waals surface area (Å²) in [4.78, 5) is -0.210. The molecule has 0 aliphatic heterocycles. The monoisotopic (exact) mass is 966 g/mol. The zero-order valence-corrected chi connectivity index (χ0v) is 41.5. The van der Waals surface area contributed by atoms with Crippen molar-refractivity contribution in [3.8, 4) is 0 Å². The summed E-state index contributed by atoms with van der Waals surface area (Å²) in [7, 11) is -8.94. The molecule has 65 heavy (non-hydrogen) atoms. The van der Waals surface area contributed by atoms with Crippen molar-refractivity contribution in [2.45, 2.75) is 128 Å². The van der Waals surface area contributed by atoms with Gasteiger partial charge in [0.2, 0.25) is 0 Å². The van der Waals surface area contributed by atoms with Crippen molar-refractivity contribution in [1.29, 1.82) is 0 Å². The number of allylic oxidation sites excluding steroid dienone is 8. The van der Waals surface area contributed by atoms with Crippen LogP contribution in [-0.2, 0) is 49.5 Å². The van der Waals surface area contributed by atoms with Gasteiger partial charge in [0, 0.05) is 0 Å². The summed E-state index contributed by atoms with van der Waals surface area (Å²) in [6.07, 6.45) is 19.6. The number of unbranched alkanes of at least 4 members (excludes halogenated alkanes) is 2. The first-order valence-corrected chi connectivity index (χ1v) is 29.0. The Morgan fingerprint density at radius 3 is 1.32 bits per heavy atom. The molecule has 6 nitrogen and oxygen atoms in total. The minimum absolute atomic E-state index is 0.104. The quantitative estimate of drug-likeness (QED) is 0.0606. The van der Waals surface area contributed by atoms with Gasteiger partial charge in [0.05, 0.1) is 0 Å². The molecule has 2 aliphatic carbocycles. The van der Waals surface area contributed by atoms with Crippen molar-refractivity contribution >= 4 is 39.2 Å². The van der Waals surface area contributed by atoms with Crippen molar-refractivity contribution in [1.82, 2.24) is 0 Å². The Bertz CT molecular complexity index is 2560. The van der Waals surface area contributed by atoms with E-state index in [0.29, 0.717) is 32.4 Å². The van der Waals surface area contributed by atoms with Gasteiger partial charge in [-0.05, 0) is 0 Å². The third kappa shape index (κ3) is 10.8. The third-order valence-corrected chi connectivity index (χ3v) is 24.0. The summed E-state index contributed by atoms with van der Waals surface area (Å²) in [5, 5.41) is 0. The molecule has 0 spiro atoms. The number of aryl methyl sites for hydroxylation is 2. The van der Waals surface area contributed by atoms with E-state index in [1.807, 2.05) is 13.8 Å². The van der Waals surface area contributed by atoms with Gasteiger partial charge in [-0.3, -0.25) is 0 Å². The summed E-state index contributed by atoms with van der Waals surface area (Å²) >= 11 is -5.53. The van der Waals surface area contributed by atoms with Gasteiger partial charge < -0.3 is 0 Å². The average Bonchev–Trinajstić information content (AvgIpc) is 4.03. The zero-order valence-electron chi connectivity index (χ0n) is 38.3. The minimum atomic E-state index is -5.53. The first-order chi connectivity index (χ1) is 31.0. The van der Waals surface area contributed by atoms with Gasteiger partial charge in [-0.25, -0.2) is 0 Å². The number of nitrogens with one attached hydrogen (secondary N) is 2. The van der Waals surface area contributed by atoms with E-state index >= 15 is 17.6 Å². The first-order valence-electron chi connectivity index (χ1n) is 23.0. The fourth-order valence-electron chi connectivity index (χ4n) is 9.36. The van der Waals surface area contributed by atoms with E-state index in [4.69, 9.17) is 0 Å². The van der Waals surface area contributed by atoms with Gasteiger partial charge in [0.25, 0.3) is 0 Å². The van der Waals surface area contributed by atoms with E-state index in [1.54, 1.807) is 60.7 Å². The molecule has 0 aromatic heterocycles. The SMILES string of the molecule is CCCCC(CC)Cc1cc(S(=O)(=O)Nc2ccc(F)[c]([Ti]([C]3=CC=CC3)([C]3=CC=CC3)[c]3c(F)ccc(NS(=O)(=O)c4ccc(C)c(CC(CC)CCCC)c4)c3F)c2F)ccc1C. The van der Waals surface area contributed by atoms with Crippen molar-refractivity contribution in [3.63, 3.8) is 0 Å². The molecule has 13 heteroatoms. The molecule has 2 aliphatic rings. The Hall–Kier alpha value is -4.23. The maximum absolute atomic E-state index is 17.7. The Morgan fingerprint density at radius 2 is 0.985 bits per heavy atom. The summed E-state index contributed by atoms with van der Waals surface area (Å²) in [6, 6.07) is 13.3. The second kappa shape index (κ2) is 21.6. The molecule has 2 N–H and O–H groups in total. The number of benzene rings is 4. The molecule has 6 rings (SSSR count). The molecular formula is C52H62F4N2O4S2Ti. The van der Waals surface area contributed by atoms with Crippen LogP contribution in [0.25, 0.3) is 0 Å². The van der Waals surface area contributed by atoms with E-state index in [9.17, 15) is 16.8 Å². The van der Waals surface area contributed by atoms with Crippen LogP contribution in [0.3, 0.4) is 0 Å².